The average Bonchev–Trinajstić information content (AvgIpc) is 2.57. The van der Waals surface area contributed by atoms with Crippen LogP contribution in [-0.2, 0) is 9.59 Å². The van der Waals surface area contributed by atoms with Crippen LogP contribution in [0.4, 0.5) is 0 Å². The lowest BCUT2D eigenvalue weighted by molar-refractivity contribution is -0.131. The van der Waals surface area contributed by atoms with Crippen LogP contribution in [0.2, 0.25) is 0 Å². The molecule has 0 aliphatic carbocycles. The molecule has 8 heteroatoms. The van der Waals surface area contributed by atoms with Gasteiger partial charge >= 0.3 is 7.12 Å². The summed E-state index contributed by atoms with van der Waals surface area (Å²) in [7, 11) is -1.70. The number of amides is 2. The first-order chi connectivity index (χ1) is 12.7. The number of rotatable bonds is 15. The Bertz CT molecular complexity index is 419. The summed E-state index contributed by atoms with van der Waals surface area (Å²) in [5, 5.41) is 33.8. The number of carbonyl (C=O) groups excluding carboxylic acids is 2. The number of nitrogens with one attached hydrogen (secondary N) is 2. The highest BCUT2D eigenvalue weighted by molar-refractivity contribution is 6.43. The van der Waals surface area contributed by atoms with Gasteiger partial charge in [-0.2, -0.15) is 0 Å². The third-order valence-electron chi connectivity index (χ3n) is 4.50. The summed E-state index contributed by atoms with van der Waals surface area (Å²) in [5.74, 6) is -1.60. The number of hydrogen-bond donors (Lipinski definition) is 5. The van der Waals surface area contributed by atoms with E-state index in [1.165, 1.54) is 32.6 Å². The first kappa shape index (κ1) is 25.9. The normalized spacial score (nSPS) is 14.5. The van der Waals surface area contributed by atoms with Crippen LogP contribution in [0.3, 0.4) is 0 Å². The smallest absolute Gasteiger partial charge is 0.426 e. The maximum absolute atomic E-state index is 12.4. The monoisotopic (exact) mass is 386 g/mol. The van der Waals surface area contributed by atoms with Crippen molar-refractivity contribution < 1.29 is 24.7 Å². The van der Waals surface area contributed by atoms with Crippen molar-refractivity contribution in [1.29, 1.82) is 0 Å². The van der Waals surface area contributed by atoms with Crippen molar-refractivity contribution in [3.8, 4) is 0 Å². The summed E-state index contributed by atoms with van der Waals surface area (Å²) in [4.78, 5) is 24.5. The van der Waals surface area contributed by atoms with Crippen molar-refractivity contribution in [2.24, 2.45) is 5.92 Å². The maximum Gasteiger partial charge on any atom is 0.475 e. The van der Waals surface area contributed by atoms with E-state index in [4.69, 9.17) is 0 Å². The van der Waals surface area contributed by atoms with E-state index in [2.05, 4.69) is 17.6 Å². The highest BCUT2D eigenvalue weighted by Crippen LogP contribution is 2.09. The topological polar surface area (TPSA) is 119 Å². The Morgan fingerprint density at radius 3 is 1.96 bits per heavy atom. The largest absolute Gasteiger partial charge is 0.475 e. The summed E-state index contributed by atoms with van der Waals surface area (Å²) in [6.07, 6.45) is 7.26. The summed E-state index contributed by atoms with van der Waals surface area (Å²) in [6.45, 7) is 7.39. The quantitative estimate of drug-likeness (QED) is 0.216. The Labute approximate surface area is 164 Å². The summed E-state index contributed by atoms with van der Waals surface area (Å²) in [6, 6.07) is -1.12. The van der Waals surface area contributed by atoms with Crippen LogP contribution in [-0.4, -0.2) is 52.2 Å². The van der Waals surface area contributed by atoms with E-state index in [9.17, 15) is 24.7 Å². The van der Waals surface area contributed by atoms with Crippen molar-refractivity contribution in [1.82, 2.24) is 10.6 Å². The lowest BCUT2D eigenvalue weighted by Crippen LogP contribution is -2.57. The van der Waals surface area contributed by atoms with Gasteiger partial charge in [0, 0.05) is 6.42 Å². The molecule has 0 saturated carbocycles. The van der Waals surface area contributed by atoms with E-state index in [-0.39, 0.29) is 11.8 Å². The van der Waals surface area contributed by atoms with Gasteiger partial charge in [-0.1, -0.05) is 59.3 Å². The number of unbranched alkanes of at least 4 members (excludes halogenated alkanes) is 6. The van der Waals surface area contributed by atoms with Gasteiger partial charge in [-0.25, -0.2) is 0 Å². The van der Waals surface area contributed by atoms with Gasteiger partial charge in [0.1, 0.15) is 6.04 Å². The van der Waals surface area contributed by atoms with E-state index >= 15 is 0 Å². The summed E-state index contributed by atoms with van der Waals surface area (Å²) in [5.41, 5.74) is 0. The molecule has 158 valence electrons. The summed E-state index contributed by atoms with van der Waals surface area (Å²) < 4.78 is 0. The maximum atomic E-state index is 12.4. The Morgan fingerprint density at radius 2 is 1.48 bits per heavy atom. The lowest BCUT2D eigenvalue weighted by Gasteiger charge is -2.25. The molecule has 0 aromatic carbocycles. The van der Waals surface area contributed by atoms with E-state index in [1.807, 2.05) is 13.8 Å². The van der Waals surface area contributed by atoms with Crippen LogP contribution < -0.4 is 10.6 Å². The lowest BCUT2D eigenvalue weighted by atomic mass is 9.75. The van der Waals surface area contributed by atoms with Crippen LogP contribution in [0.5, 0.6) is 0 Å². The van der Waals surface area contributed by atoms with Gasteiger partial charge in [-0.3, -0.25) is 9.59 Å². The molecule has 0 rings (SSSR count). The van der Waals surface area contributed by atoms with Crippen molar-refractivity contribution in [3.05, 3.63) is 0 Å². The molecule has 0 radical (unpaired) electrons. The second kappa shape index (κ2) is 14.9. The zero-order chi connectivity index (χ0) is 20.8. The molecule has 0 saturated heterocycles. The van der Waals surface area contributed by atoms with Crippen molar-refractivity contribution in [2.75, 3.05) is 0 Å². The van der Waals surface area contributed by atoms with Crippen LogP contribution in [0.15, 0.2) is 0 Å². The minimum Gasteiger partial charge on any atom is -0.426 e. The van der Waals surface area contributed by atoms with Crippen molar-refractivity contribution in [3.63, 3.8) is 0 Å². The predicted molar refractivity (Wildman–Crippen MR) is 108 cm³/mol. The minimum absolute atomic E-state index is 0.147. The van der Waals surface area contributed by atoms with Crippen LogP contribution in [0.25, 0.3) is 0 Å². The van der Waals surface area contributed by atoms with Crippen LogP contribution in [0, 0.1) is 5.92 Å². The van der Waals surface area contributed by atoms with Gasteiger partial charge in [0.15, 0.2) is 0 Å². The van der Waals surface area contributed by atoms with Crippen LogP contribution in [0.1, 0.15) is 85.5 Å². The Morgan fingerprint density at radius 1 is 0.926 bits per heavy atom. The minimum atomic E-state index is -1.70. The Hall–Kier alpha value is -1.12. The predicted octanol–water partition coefficient (Wildman–Crippen LogP) is 1.54. The molecule has 0 aromatic heterocycles. The number of carbonyl (C=O) groups is 2. The molecule has 27 heavy (non-hydrogen) atoms. The molecule has 0 heterocycles. The SMILES string of the molecule is CCCCCCCCCC(=O)NC(C(=O)N[C@@H](CC(C)C)B(O)O)C(C)O. The van der Waals surface area contributed by atoms with E-state index in [1.54, 1.807) is 0 Å². The number of aliphatic hydroxyl groups is 1. The molecular weight excluding hydrogens is 347 g/mol. The third kappa shape index (κ3) is 12.8. The van der Waals surface area contributed by atoms with E-state index < -0.39 is 31.1 Å². The molecule has 3 atom stereocenters. The molecule has 2 amide bonds. The Kier molecular flexibility index (Phi) is 14.3. The second-order valence-electron chi connectivity index (χ2n) is 7.82. The molecule has 7 nitrogen and oxygen atoms in total. The van der Waals surface area contributed by atoms with Gasteiger partial charge in [-0.05, 0) is 25.7 Å². The molecule has 0 spiro atoms. The Balaban J connectivity index is 4.40. The number of aliphatic hydroxyl groups excluding tert-OH is 1. The molecular formula is C19H39BN2O5. The zero-order valence-corrected chi connectivity index (χ0v) is 17.4. The fourth-order valence-electron chi connectivity index (χ4n) is 2.93. The van der Waals surface area contributed by atoms with Crippen molar-refractivity contribution >= 4 is 18.9 Å². The standard InChI is InChI=1S/C19H39BN2O5/c1-5-6-7-8-9-10-11-12-17(24)22-18(15(4)23)19(25)21-16(20(26)27)13-14(2)3/h14-16,18,23,26-27H,5-13H2,1-4H3,(H,21,25)(H,22,24)/t15?,16-,18?/m0/s1. The van der Waals surface area contributed by atoms with Crippen molar-refractivity contribution in [2.45, 2.75) is 104 Å². The van der Waals surface area contributed by atoms with Gasteiger partial charge in [-0.15, -0.1) is 0 Å². The highest BCUT2D eigenvalue weighted by Gasteiger charge is 2.31. The van der Waals surface area contributed by atoms with E-state index in [0.29, 0.717) is 12.8 Å². The molecule has 5 N–H and O–H groups in total. The van der Waals surface area contributed by atoms with Crippen LogP contribution >= 0.6 is 0 Å². The van der Waals surface area contributed by atoms with Gasteiger partial charge in [0.2, 0.25) is 11.8 Å². The number of hydrogen-bond acceptors (Lipinski definition) is 5. The highest BCUT2D eigenvalue weighted by atomic mass is 16.4. The van der Waals surface area contributed by atoms with Gasteiger partial charge < -0.3 is 25.8 Å². The van der Waals surface area contributed by atoms with Gasteiger partial charge in [0.25, 0.3) is 0 Å². The molecule has 0 aliphatic rings. The van der Waals surface area contributed by atoms with Gasteiger partial charge in [0.05, 0.1) is 12.0 Å². The first-order valence-electron chi connectivity index (χ1n) is 10.3. The molecule has 0 aromatic rings. The second-order valence-corrected chi connectivity index (χ2v) is 7.82. The van der Waals surface area contributed by atoms with E-state index in [0.717, 1.165) is 19.3 Å². The fraction of sp³-hybridized carbons (Fsp3) is 0.895. The summed E-state index contributed by atoms with van der Waals surface area (Å²) >= 11 is 0. The molecule has 2 unspecified atom stereocenters. The molecule has 0 aliphatic heterocycles. The third-order valence-corrected chi connectivity index (χ3v) is 4.50. The first-order valence-corrected chi connectivity index (χ1v) is 10.3. The molecule has 0 fully saturated rings. The average molecular weight is 386 g/mol. The molecule has 0 bridgehead atoms. The fourth-order valence-corrected chi connectivity index (χ4v) is 2.93. The zero-order valence-electron chi connectivity index (χ0n) is 17.4.